The predicted octanol–water partition coefficient (Wildman–Crippen LogP) is 2.74. The summed E-state index contributed by atoms with van der Waals surface area (Å²) < 4.78 is 41.2. The van der Waals surface area contributed by atoms with Gasteiger partial charge in [-0.15, -0.1) is 0 Å². The van der Waals surface area contributed by atoms with Crippen molar-refractivity contribution in [3.05, 3.63) is 90.5 Å². The van der Waals surface area contributed by atoms with E-state index in [4.69, 9.17) is 0 Å². The number of carbonyl (C=O) groups is 2. The molecule has 1 saturated heterocycles. The van der Waals surface area contributed by atoms with E-state index in [1.807, 2.05) is 0 Å². The number of rotatable bonds is 6. The first kappa shape index (κ1) is 20.8. The molecular formula is C22H18FN3O4S. The zero-order valence-electron chi connectivity index (χ0n) is 16.3. The first-order chi connectivity index (χ1) is 14.9. The van der Waals surface area contributed by atoms with Crippen LogP contribution in [0.15, 0.2) is 84.0 Å². The minimum absolute atomic E-state index is 0.0133. The van der Waals surface area contributed by atoms with Gasteiger partial charge in [0.2, 0.25) is 15.9 Å². The number of sulfonamides is 1. The molecular weight excluding hydrogens is 421 g/mol. The number of anilines is 1. The Kier molecular flexibility index (Phi) is 5.62. The summed E-state index contributed by atoms with van der Waals surface area (Å²) in [6.45, 7) is -0.133. The summed E-state index contributed by atoms with van der Waals surface area (Å²) in [5.74, 6) is -1.75. The number of hydrogen-bond acceptors (Lipinski definition) is 5. The van der Waals surface area contributed by atoms with Crippen molar-refractivity contribution in [1.29, 1.82) is 0 Å². The maximum absolute atomic E-state index is 13.4. The highest BCUT2D eigenvalue weighted by Crippen LogP contribution is 2.30. The van der Waals surface area contributed by atoms with Crippen molar-refractivity contribution in [2.24, 2.45) is 0 Å². The first-order valence-electron chi connectivity index (χ1n) is 9.46. The molecule has 1 aromatic heterocycles. The standard InChI is InChI=1S/C22H18FN3O4S/c23-17-8-10-18(11-9-17)26-21(27)13-20(22(26)28)25(15-16-5-4-12-24-14-16)31(29,30)19-6-2-1-3-7-19/h1-12,14,20H,13,15H2. The van der Waals surface area contributed by atoms with Gasteiger partial charge >= 0.3 is 0 Å². The fourth-order valence-electron chi connectivity index (χ4n) is 3.46. The molecule has 158 valence electrons. The van der Waals surface area contributed by atoms with Crippen molar-refractivity contribution < 1.29 is 22.4 Å². The van der Waals surface area contributed by atoms with E-state index in [2.05, 4.69) is 4.98 Å². The van der Waals surface area contributed by atoms with Crippen molar-refractivity contribution >= 4 is 27.5 Å². The quantitative estimate of drug-likeness (QED) is 0.551. The van der Waals surface area contributed by atoms with Gasteiger partial charge in [0.25, 0.3) is 5.91 Å². The van der Waals surface area contributed by atoms with Gasteiger partial charge in [0, 0.05) is 18.9 Å². The van der Waals surface area contributed by atoms with Gasteiger partial charge in [-0.3, -0.25) is 14.6 Å². The molecule has 2 aromatic carbocycles. The van der Waals surface area contributed by atoms with E-state index in [-0.39, 0.29) is 23.5 Å². The zero-order chi connectivity index (χ0) is 22.0. The summed E-state index contributed by atoms with van der Waals surface area (Å²) >= 11 is 0. The Balaban J connectivity index is 1.74. The summed E-state index contributed by atoms with van der Waals surface area (Å²) in [4.78, 5) is 30.8. The molecule has 2 amide bonds. The Morgan fingerprint density at radius 1 is 1.00 bits per heavy atom. The third-order valence-electron chi connectivity index (χ3n) is 4.97. The van der Waals surface area contributed by atoms with E-state index in [9.17, 15) is 22.4 Å². The van der Waals surface area contributed by atoms with Crippen LogP contribution in [0.5, 0.6) is 0 Å². The summed E-state index contributed by atoms with van der Waals surface area (Å²) in [6, 6.07) is 14.7. The molecule has 0 saturated carbocycles. The summed E-state index contributed by atoms with van der Waals surface area (Å²) in [5, 5.41) is 0. The summed E-state index contributed by atoms with van der Waals surface area (Å²) in [7, 11) is -4.11. The lowest BCUT2D eigenvalue weighted by atomic mass is 10.2. The van der Waals surface area contributed by atoms with Gasteiger partial charge in [-0.25, -0.2) is 17.7 Å². The molecule has 7 nitrogen and oxygen atoms in total. The molecule has 9 heteroatoms. The summed E-state index contributed by atoms with van der Waals surface area (Å²) in [6.07, 6.45) is 2.75. The second-order valence-corrected chi connectivity index (χ2v) is 8.88. The number of halogens is 1. The van der Waals surface area contributed by atoms with Gasteiger partial charge in [0.05, 0.1) is 17.0 Å². The zero-order valence-corrected chi connectivity index (χ0v) is 17.1. The Bertz CT molecular complexity index is 1200. The largest absolute Gasteiger partial charge is 0.274 e. The van der Waals surface area contributed by atoms with Gasteiger partial charge in [-0.2, -0.15) is 4.31 Å². The molecule has 1 aliphatic heterocycles. The van der Waals surface area contributed by atoms with E-state index >= 15 is 0 Å². The molecule has 3 aromatic rings. The van der Waals surface area contributed by atoms with Crippen molar-refractivity contribution in [3.8, 4) is 0 Å². The summed E-state index contributed by atoms with van der Waals surface area (Å²) in [5.41, 5.74) is 0.764. The third-order valence-corrected chi connectivity index (χ3v) is 6.84. The molecule has 2 heterocycles. The van der Waals surface area contributed by atoms with Crippen LogP contribution < -0.4 is 4.90 Å². The molecule has 1 atom stereocenters. The minimum Gasteiger partial charge on any atom is -0.274 e. The molecule has 1 fully saturated rings. The van der Waals surface area contributed by atoms with E-state index < -0.39 is 33.7 Å². The van der Waals surface area contributed by atoms with Crippen LogP contribution >= 0.6 is 0 Å². The number of nitrogens with zero attached hydrogens (tertiary/aromatic N) is 3. The highest BCUT2D eigenvalue weighted by Gasteiger charge is 2.47. The lowest BCUT2D eigenvalue weighted by Crippen LogP contribution is -2.45. The first-order valence-corrected chi connectivity index (χ1v) is 10.9. The molecule has 0 aliphatic carbocycles. The van der Waals surface area contributed by atoms with Crippen molar-refractivity contribution in [2.75, 3.05) is 4.90 Å². The number of imide groups is 1. The average molecular weight is 439 g/mol. The average Bonchev–Trinajstić information content (AvgIpc) is 3.07. The Morgan fingerprint density at radius 2 is 1.71 bits per heavy atom. The van der Waals surface area contributed by atoms with Gasteiger partial charge < -0.3 is 0 Å². The second-order valence-electron chi connectivity index (χ2n) is 6.99. The predicted molar refractivity (Wildman–Crippen MR) is 111 cm³/mol. The van der Waals surface area contributed by atoms with Crippen LogP contribution in [0.2, 0.25) is 0 Å². The Hall–Kier alpha value is -3.43. The molecule has 0 bridgehead atoms. The number of aromatic nitrogens is 1. The Morgan fingerprint density at radius 3 is 2.35 bits per heavy atom. The number of amides is 2. The molecule has 0 radical (unpaired) electrons. The Labute approximate surface area is 178 Å². The van der Waals surface area contributed by atoms with Gasteiger partial charge in [-0.05, 0) is 48.0 Å². The highest BCUT2D eigenvalue weighted by atomic mass is 32.2. The second kappa shape index (κ2) is 8.37. The highest BCUT2D eigenvalue weighted by molar-refractivity contribution is 7.89. The van der Waals surface area contributed by atoms with Crippen LogP contribution in [0.3, 0.4) is 0 Å². The molecule has 0 spiro atoms. The van der Waals surface area contributed by atoms with E-state index in [0.717, 1.165) is 21.3 Å². The van der Waals surface area contributed by atoms with E-state index in [0.29, 0.717) is 5.56 Å². The SMILES string of the molecule is O=C1CC(N(Cc2cccnc2)S(=O)(=O)c2ccccc2)C(=O)N1c1ccc(F)cc1. The van der Waals surface area contributed by atoms with Crippen LogP contribution in [0.25, 0.3) is 0 Å². The van der Waals surface area contributed by atoms with Gasteiger partial charge in [-0.1, -0.05) is 24.3 Å². The molecule has 1 aliphatic rings. The maximum atomic E-state index is 13.4. The normalized spacial score (nSPS) is 16.8. The monoisotopic (exact) mass is 439 g/mol. The van der Waals surface area contributed by atoms with Crippen LogP contribution in [-0.2, 0) is 26.2 Å². The fraction of sp³-hybridized carbons (Fsp3) is 0.136. The topological polar surface area (TPSA) is 87.6 Å². The fourth-order valence-corrected chi connectivity index (χ4v) is 5.06. The molecule has 1 unspecified atom stereocenters. The lowest BCUT2D eigenvalue weighted by molar-refractivity contribution is -0.122. The number of hydrogen-bond donors (Lipinski definition) is 0. The molecule has 31 heavy (non-hydrogen) atoms. The number of carbonyl (C=O) groups excluding carboxylic acids is 2. The number of pyridine rings is 1. The third kappa shape index (κ3) is 4.10. The van der Waals surface area contributed by atoms with Crippen LogP contribution in [0.4, 0.5) is 10.1 Å². The van der Waals surface area contributed by atoms with Crippen molar-refractivity contribution in [1.82, 2.24) is 9.29 Å². The minimum atomic E-state index is -4.11. The smallest absolute Gasteiger partial charge is 0.252 e. The number of benzene rings is 2. The van der Waals surface area contributed by atoms with E-state index in [1.165, 1.54) is 30.5 Å². The van der Waals surface area contributed by atoms with Crippen LogP contribution in [-0.4, -0.2) is 35.6 Å². The van der Waals surface area contributed by atoms with Crippen LogP contribution in [0, 0.1) is 5.82 Å². The van der Waals surface area contributed by atoms with Gasteiger partial charge in [0.1, 0.15) is 11.9 Å². The van der Waals surface area contributed by atoms with Crippen molar-refractivity contribution in [3.63, 3.8) is 0 Å². The molecule has 0 N–H and O–H groups in total. The van der Waals surface area contributed by atoms with Crippen LogP contribution in [0.1, 0.15) is 12.0 Å². The van der Waals surface area contributed by atoms with Crippen molar-refractivity contribution in [2.45, 2.75) is 23.9 Å². The van der Waals surface area contributed by atoms with Gasteiger partial charge in [0.15, 0.2) is 0 Å². The molecule has 4 rings (SSSR count). The maximum Gasteiger partial charge on any atom is 0.252 e. The lowest BCUT2D eigenvalue weighted by Gasteiger charge is -2.27. The van der Waals surface area contributed by atoms with E-state index in [1.54, 1.807) is 36.5 Å².